The lowest BCUT2D eigenvalue weighted by Gasteiger charge is -2.06. The van der Waals surface area contributed by atoms with E-state index in [-0.39, 0.29) is 23.6 Å². The Labute approximate surface area is 106 Å². The molecule has 1 heterocycles. The van der Waals surface area contributed by atoms with Crippen molar-refractivity contribution in [2.45, 2.75) is 6.61 Å². The van der Waals surface area contributed by atoms with Crippen LogP contribution in [0.15, 0.2) is 36.7 Å². The van der Waals surface area contributed by atoms with Crippen molar-refractivity contribution in [2.75, 3.05) is 0 Å². The molecule has 7 heteroatoms. The number of hydrogen-bond donors (Lipinski definition) is 0. The molecule has 0 aliphatic rings. The van der Waals surface area contributed by atoms with Gasteiger partial charge in [-0.2, -0.15) is 0 Å². The summed E-state index contributed by atoms with van der Waals surface area (Å²) in [6.07, 6.45) is 2.37. The highest BCUT2D eigenvalue weighted by Gasteiger charge is 2.14. The summed E-state index contributed by atoms with van der Waals surface area (Å²) in [6.45, 7) is -0.181. The van der Waals surface area contributed by atoms with Crippen molar-refractivity contribution in [3.63, 3.8) is 0 Å². The van der Waals surface area contributed by atoms with Crippen LogP contribution < -0.4 is 4.74 Å². The second-order valence-electron chi connectivity index (χ2n) is 3.67. The predicted octanol–water partition coefficient (Wildman–Crippen LogP) is 2.85. The predicted molar refractivity (Wildman–Crippen MR) is 61.6 cm³/mol. The molecule has 2 aromatic rings. The third-order valence-electron chi connectivity index (χ3n) is 2.27. The summed E-state index contributed by atoms with van der Waals surface area (Å²) in [5.41, 5.74) is -0.0667. The van der Waals surface area contributed by atoms with Crippen LogP contribution in [0.3, 0.4) is 0 Å². The fraction of sp³-hybridized carbons (Fsp3) is 0.0833. The van der Waals surface area contributed by atoms with Crippen molar-refractivity contribution in [1.82, 2.24) is 4.98 Å². The van der Waals surface area contributed by atoms with Crippen LogP contribution in [0.4, 0.5) is 14.5 Å². The van der Waals surface area contributed by atoms with Gasteiger partial charge in [0, 0.05) is 18.3 Å². The average molecular weight is 266 g/mol. The normalized spacial score (nSPS) is 10.2. The minimum Gasteiger partial charge on any atom is -0.482 e. The Morgan fingerprint density at radius 3 is 2.58 bits per heavy atom. The molecule has 0 amide bonds. The molecule has 0 N–H and O–H groups in total. The van der Waals surface area contributed by atoms with Crippen LogP contribution in [0.5, 0.6) is 5.75 Å². The van der Waals surface area contributed by atoms with Gasteiger partial charge in [-0.05, 0) is 17.7 Å². The van der Waals surface area contributed by atoms with Crippen molar-refractivity contribution < 1.29 is 18.4 Å². The molecule has 0 bridgehead atoms. The lowest BCUT2D eigenvalue weighted by Crippen LogP contribution is -2.00. The van der Waals surface area contributed by atoms with Gasteiger partial charge in [-0.1, -0.05) is 0 Å². The van der Waals surface area contributed by atoms with E-state index in [9.17, 15) is 18.9 Å². The van der Waals surface area contributed by atoms with Crippen molar-refractivity contribution in [1.29, 1.82) is 0 Å². The van der Waals surface area contributed by atoms with Crippen LogP contribution in [-0.2, 0) is 6.61 Å². The summed E-state index contributed by atoms with van der Waals surface area (Å²) in [6, 6.07) is 4.23. The highest BCUT2D eigenvalue weighted by Crippen LogP contribution is 2.25. The maximum Gasteiger partial charge on any atom is 0.329 e. The fourth-order valence-electron chi connectivity index (χ4n) is 1.49. The van der Waals surface area contributed by atoms with E-state index in [2.05, 4.69) is 4.98 Å². The third-order valence-corrected chi connectivity index (χ3v) is 2.27. The zero-order valence-electron chi connectivity index (χ0n) is 9.55. The number of hydrogen-bond acceptors (Lipinski definition) is 4. The van der Waals surface area contributed by atoms with E-state index in [4.69, 9.17) is 4.74 Å². The minimum atomic E-state index is -0.733. The van der Waals surface area contributed by atoms with Crippen LogP contribution in [0.1, 0.15) is 5.56 Å². The van der Waals surface area contributed by atoms with Crippen LogP contribution in [0, 0.1) is 21.7 Å². The standard InChI is InChI=1S/C12H8F2N2O3/c13-9-3-8(4-10(14)5-9)7-19-12-1-2-15-6-11(12)16(17)18/h1-6H,7H2. The van der Waals surface area contributed by atoms with Crippen LogP contribution in [0.2, 0.25) is 0 Å². The Morgan fingerprint density at radius 1 is 1.26 bits per heavy atom. The summed E-state index contributed by atoms with van der Waals surface area (Å²) in [5, 5.41) is 10.7. The van der Waals surface area contributed by atoms with E-state index in [1.54, 1.807) is 0 Å². The first-order valence-corrected chi connectivity index (χ1v) is 5.22. The number of nitrogens with zero attached hydrogens (tertiary/aromatic N) is 2. The number of aromatic nitrogens is 1. The fourth-order valence-corrected chi connectivity index (χ4v) is 1.49. The number of halogens is 2. The molecule has 0 saturated heterocycles. The zero-order valence-corrected chi connectivity index (χ0v) is 9.55. The highest BCUT2D eigenvalue weighted by molar-refractivity contribution is 5.43. The maximum atomic E-state index is 12.9. The molecule has 1 aromatic heterocycles. The maximum absolute atomic E-state index is 12.9. The molecule has 0 aliphatic carbocycles. The lowest BCUT2D eigenvalue weighted by molar-refractivity contribution is -0.386. The highest BCUT2D eigenvalue weighted by atomic mass is 19.1. The molecule has 0 spiro atoms. The summed E-state index contributed by atoms with van der Waals surface area (Å²) in [5.74, 6) is -1.48. The molecule has 0 atom stereocenters. The summed E-state index contributed by atoms with van der Waals surface area (Å²) in [7, 11) is 0. The lowest BCUT2D eigenvalue weighted by atomic mass is 10.2. The first-order valence-electron chi connectivity index (χ1n) is 5.22. The molecule has 0 unspecified atom stereocenters. The van der Waals surface area contributed by atoms with Gasteiger partial charge in [0.05, 0.1) is 4.92 Å². The minimum absolute atomic E-state index is 0.00957. The Balaban J connectivity index is 2.16. The number of nitro groups is 1. The van der Waals surface area contributed by atoms with Gasteiger partial charge >= 0.3 is 5.69 Å². The first kappa shape index (κ1) is 12.9. The smallest absolute Gasteiger partial charge is 0.329 e. The van der Waals surface area contributed by atoms with Gasteiger partial charge in [0.2, 0.25) is 5.75 Å². The molecular formula is C12H8F2N2O3. The van der Waals surface area contributed by atoms with Crippen molar-refractivity contribution >= 4 is 5.69 Å². The molecule has 5 nitrogen and oxygen atoms in total. The molecule has 0 aliphatic heterocycles. The number of rotatable bonds is 4. The van der Waals surface area contributed by atoms with Crippen molar-refractivity contribution in [3.05, 3.63) is 64.0 Å². The average Bonchev–Trinajstić information content (AvgIpc) is 2.35. The van der Waals surface area contributed by atoms with Gasteiger partial charge in [0.25, 0.3) is 0 Å². The SMILES string of the molecule is O=[N+]([O-])c1cnccc1OCc1cc(F)cc(F)c1. The Morgan fingerprint density at radius 2 is 1.95 bits per heavy atom. The van der Waals surface area contributed by atoms with Gasteiger partial charge in [0.1, 0.15) is 24.4 Å². The number of ether oxygens (including phenoxy) is 1. The van der Waals surface area contributed by atoms with E-state index in [0.29, 0.717) is 0 Å². The largest absolute Gasteiger partial charge is 0.482 e. The van der Waals surface area contributed by atoms with Crippen LogP contribution in [-0.4, -0.2) is 9.91 Å². The van der Waals surface area contributed by atoms with Gasteiger partial charge in [-0.15, -0.1) is 0 Å². The van der Waals surface area contributed by atoms with Crippen molar-refractivity contribution in [2.24, 2.45) is 0 Å². The van der Waals surface area contributed by atoms with Gasteiger partial charge in [-0.25, -0.2) is 8.78 Å². The monoisotopic (exact) mass is 266 g/mol. The van der Waals surface area contributed by atoms with E-state index in [1.165, 1.54) is 12.3 Å². The molecular weight excluding hydrogens is 258 g/mol. The second-order valence-corrected chi connectivity index (χ2v) is 3.67. The van der Waals surface area contributed by atoms with Crippen LogP contribution in [0.25, 0.3) is 0 Å². The van der Waals surface area contributed by atoms with Gasteiger partial charge < -0.3 is 4.74 Å². The summed E-state index contributed by atoms with van der Waals surface area (Å²) in [4.78, 5) is 13.7. The van der Waals surface area contributed by atoms with E-state index in [1.807, 2.05) is 0 Å². The van der Waals surface area contributed by atoms with Gasteiger partial charge in [0.15, 0.2) is 0 Å². The Kier molecular flexibility index (Phi) is 3.65. The first-order chi connectivity index (χ1) is 9.06. The molecule has 1 aromatic carbocycles. The number of pyridine rings is 1. The van der Waals surface area contributed by atoms with Crippen molar-refractivity contribution in [3.8, 4) is 5.75 Å². The summed E-state index contributed by atoms with van der Waals surface area (Å²) >= 11 is 0. The molecule has 2 rings (SSSR count). The second kappa shape index (κ2) is 5.38. The third kappa shape index (κ3) is 3.21. The van der Waals surface area contributed by atoms with E-state index < -0.39 is 16.6 Å². The Bertz CT molecular complexity index is 599. The topological polar surface area (TPSA) is 65.3 Å². The number of benzene rings is 1. The van der Waals surface area contributed by atoms with Gasteiger partial charge in [-0.3, -0.25) is 15.1 Å². The zero-order chi connectivity index (χ0) is 13.8. The molecule has 0 fully saturated rings. The molecule has 0 saturated carbocycles. The van der Waals surface area contributed by atoms with E-state index in [0.717, 1.165) is 24.4 Å². The quantitative estimate of drug-likeness (QED) is 0.630. The summed E-state index contributed by atoms with van der Waals surface area (Å²) < 4.78 is 31.1. The molecule has 0 radical (unpaired) electrons. The van der Waals surface area contributed by atoms with Crippen LogP contribution >= 0.6 is 0 Å². The molecule has 98 valence electrons. The molecule has 19 heavy (non-hydrogen) atoms. The Hall–Kier alpha value is -2.57. The van der Waals surface area contributed by atoms with E-state index >= 15 is 0 Å².